The summed E-state index contributed by atoms with van der Waals surface area (Å²) < 4.78 is 46.4. The molecule has 0 atom stereocenters. The van der Waals surface area contributed by atoms with Crippen molar-refractivity contribution in [2.45, 2.75) is 60.9 Å². The number of esters is 1. The third kappa shape index (κ3) is 5.69. The maximum atomic E-state index is 13.5. The third-order valence-electron chi connectivity index (χ3n) is 10.4. The lowest BCUT2D eigenvalue weighted by Crippen LogP contribution is -2.51. The number of nitrogens with zero attached hydrogens (tertiary/aromatic N) is 3. The van der Waals surface area contributed by atoms with E-state index in [4.69, 9.17) is 4.74 Å². The Balaban J connectivity index is 0.883. The monoisotopic (exact) mass is 599 g/mol. The average molecular weight is 600 g/mol. The lowest BCUT2D eigenvalue weighted by molar-refractivity contribution is -0.172. The number of carbonyl (C=O) groups excluding carboxylic acids is 1. The van der Waals surface area contributed by atoms with E-state index in [2.05, 4.69) is 14.7 Å². The van der Waals surface area contributed by atoms with Crippen LogP contribution in [0.3, 0.4) is 0 Å². The number of para-hydroxylation sites is 1. The van der Waals surface area contributed by atoms with Crippen molar-refractivity contribution < 1.29 is 22.7 Å². The molecule has 8 rings (SSSR count). The lowest BCUT2D eigenvalue weighted by atomic mass is 9.49. The first-order valence-electron chi connectivity index (χ1n) is 15.6. The first-order valence-corrected chi connectivity index (χ1v) is 16.4. The SMILES string of the molecule is O=C(OCCN1CCN(CCCN2c3ccccc3Sc3ccc(C(F)(F)F)cc32)CC1)C12CC3CC(CC(C3)C1)C2. The van der Waals surface area contributed by atoms with Crippen molar-refractivity contribution in [1.29, 1.82) is 0 Å². The first kappa shape index (κ1) is 28.5. The quantitative estimate of drug-likeness (QED) is 0.302. The van der Waals surface area contributed by atoms with Crippen LogP contribution >= 0.6 is 11.8 Å². The Kier molecular flexibility index (Phi) is 7.72. The molecule has 0 unspecified atom stereocenters. The van der Waals surface area contributed by atoms with Gasteiger partial charge in [0.05, 0.1) is 22.4 Å². The van der Waals surface area contributed by atoms with Gasteiger partial charge >= 0.3 is 12.1 Å². The second-order valence-corrected chi connectivity index (χ2v) is 14.4. The van der Waals surface area contributed by atoms with Crippen LogP contribution in [0.5, 0.6) is 0 Å². The maximum absolute atomic E-state index is 13.5. The number of halogens is 3. The summed E-state index contributed by atoms with van der Waals surface area (Å²) >= 11 is 1.53. The number of ether oxygens (including phenoxy) is 1. The van der Waals surface area contributed by atoms with Gasteiger partial charge in [-0.1, -0.05) is 23.9 Å². The molecule has 5 nitrogen and oxygen atoms in total. The summed E-state index contributed by atoms with van der Waals surface area (Å²) in [6, 6.07) is 12.0. The Bertz CT molecular complexity index is 1270. The zero-order chi connectivity index (χ0) is 28.9. The zero-order valence-corrected chi connectivity index (χ0v) is 24.9. The molecule has 4 saturated carbocycles. The van der Waals surface area contributed by atoms with Gasteiger partial charge in [-0.2, -0.15) is 13.2 Å². The lowest BCUT2D eigenvalue weighted by Gasteiger charge is -2.55. The van der Waals surface area contributed by atoms with Crippen LogP contribution in [0.4, 0.5) is 24.5 Å². The Hall–Kier alpha value is -2.23. The summed E-state index contributed by atoms with van der Waals surface area (Å²) in [5.41, 5.74) is 0.824. The predicted molar refractivity (Wildman–Crippen MR) is 158 cm³/mol. The molecule has 2 aromatic rings. The topological polar surface area (TPSA) is 36.0 Å². The van der Waals surface area contributed by atoms with Crippen LogP contribution < -0.4 is 4.90 Å². The second-order valence-electron chi connectivity index (χ2n) is 13.3. The fraction of sp³-hybridized carbons (Fsp3) is 0.606. The number of benzene rings is 2. The Morgan fingerprint density at radius 1 is 0.833 bits per heavy atom. The Morgan fingerprint density at radius 2 is 1.45 bits per heavy atom. The minimum atomic E-state index is -4.37. The number of carbonyl (C=O) groups is 1. The van der Waals surface area contributed by atoms with E-state index in [1.54, 1.807) is 6.07 Å². The van der Waals surface area contributed by atoms with Gasteiger partial charge in [-0.05, 0) is 99.6 Å². The van der Waals surface area contributed by atoms with E-state index in [0.29, 0.717) is 18.8 Å². The van der Waals surface area contributed by atoms with Crippen LogP contribution in [-0.2, 0) is 15.7 Å². The first-order chi connectivity index (χ1) is 20.3. The van der Waals surface area contributed by atoms with Gasteiger partial charge in [0, 0.05) is 49.1 Å². The van der Waals surface area contributed by atoms with Gasteiger partial charge in [-0.15, -0.1) is 0 Å². The fourth-order valence-electron chi connectivity index (χ4n) is 8.72. The number of hydrogen-bond acceptors (Lipinski definition) is 6. The minimum Gasteiger partial charge on any atom is -0.464 e. The molecule has 0 aromatic heterocycles. The molecule has 2 aliphatic heterocycles. The van der Waals surface area contributed by atoms with Gasteiger partial charge in [0.25, 0.3) is 0 Å². The van der Waals surface area contributed by atoms with E-state index in [-0.39, 0.29) is 11.4 Å². The van der Waals surface area contributed by atoms with Crippen molar-refractivity contribution >= 4 is 29.1 Å². The van der Waals surface area contributed by atoms with Crippen molar-refractivity contribution in [2.24, 2.45) is 23.2 Å². The number of piperazine rings is 1. The van der Waals surface area contributed by atoms with Gasteiger partial charge < -0.3 is 14.5 Å². The molecule has 226 valence electrons. The van der Waals surface area contributed by atoms with E-state index in [9.17, 15) is 18.0 Å². The van der Waals surface area contributed by atoms with Crippen molar-refractivity contribution in [1.82, 2.24) is 9.80 Å². The number of alkyl halides is 3. The molecule has 0 N–H and O–H groups in total. The summed E-state index contributed by atoms with van der Waals surface area (Å²) in [5, 5.41) is 0. The standard InChI is InChI=1S/C33H40F3N3O2S/c34-33(35,36)26-6-7-30-28(19-26)39(27-4-1-2-5-29(27)42-30)9-3-8-37-10-12-38(13-11-37)14-15-41-31(40)32-20-23-16-24(21-32)18-25(17-23)22-32/h1-2,4-7,19,23-25H,3,8-18,20-22H2. The van der Waals surface area contributed by atoms with E-state index in [0.717, 1.165) is 98.2 Å². The van der Waals surface area contributed by atoms with E-state index >= 15 is 0 Å². The second kappa shape index (κ2) is 11.4. The predicted octanol–water partition coefficient (Wildman–Crippen LogP) is 7.08. The molecular weight excluding hydrogens is 559 g/mol. The molecule has 4 bridgehead atoms. The van der Waals surface area contributed by atoms with E-state index < -0.39 is 11.7 Å². The van der Waals surface area contributed by atoms with Crippen LogP contribution in [0.15, 0.2) is 52.3 Å². The summed E-state index contributed by atoms with van der Waals surface area (Å²) in [4.78, 5) is 22.0. The number of hydrogen-bond donors (Lipinski definition) is 0. The molecule has 0 amide bonds. The average Bonchev–Trinajstić information content (AvgIpc) is 2.96. The zero-order valence-electron chi connectivity index (χ0n) is 24.1. The number of rotatable bonds is 8. The highest BCUT2D eigenvalue weighted by Crippen LogP contribution is 2.60. The molecule has 0 radical (unpaired) electrons. The van der Waals surface area contributed by atoms with E-state index in [1.807, 2.05) is 24.3 Å². The third-order valence-corrected chi connectivity index (χ3v) is 11.5. The molecule has 2 heterocycles. The molecule has 9 heteroatoms. The molecule has 6 aliphatic rings. The maximum Gasteiger partial charge on any atom is 0.416 e. The summed E-state index contributed by atoms with van der Waals surface area (Å²) in [6.45, 7) is 6.60. The van der Waals surface area contributed by atoms with E-state index in [1.165, 1.54) is 43.2 Å². The van der Waals surface area contributed by atoms with Crippen LogP contribution in [0, 0.1) is 23.2 Å². The van der Waals surface area contributed by atoms with Gasteiger partial charge in [-0.25, -0.2) is 0 Å². The number of anilines is 2. The Labute approximate surface area is 250 Å². The highest BCUT2D eigenvalue weighted by molar-refractivity contribution is 7.99. The highest BCUT2D eigenvalue weighted by Gasteiger charge is 2.55. The van der Waals surface area contributed by atoms with Gasteiger partial charge in [-0.3, -0.25) is 9.69 Å². The largest absolute Gasteiger partial charge is 0.464 e. The molecule has 0 spiro atoms. The van der Waals surface area contributed by atoms with Crippen molar-refractivity contribution in [2.75, 3.05) is 57.3 Å². The van der Waals surface area contributed by atoms with Crippen molar-refractivity contribution in [3.63, 3.8) is 0 Å². The minimum absolute atomic E-state index is 0.0712. The molecule has 1 saturated heterocycles. The van der Waals surface area contributed by atoms with Gasteiger partial charge in [0.1, 0.15) is 6.61 Å². The van der Waals surface area contributed by atoms with Crippen LogP contribution in [-0.4, -0.2) is 68.2 Å². The fourth-order valence-corrected chi connectivity index (χ4v) is 9.79. The summed E-state index contributed by atoms with van der Waals surface area (Å²) in [5.74, 6) is 2.30. The van der Waals surface area contributed by atoms with Gasteiger partial charge in [0.2, 0.25) is 0 Å². The molecule has 4 aliphatic carbocycles. The summed E-state index contributed by atoms with van der Waals surface area (Å²) in [7, 11) is 0. The highest BCUT2D eigenvalue weighted by atomic mass is 32.2. The van der Waals surface area contributed by atoms with Crippen molar-refractivity contribution in [3.8, 4) is 0 Å². The molecule has 42 heavy (non-hydrogen) atoms. The molecule has 2 aromatic carbocycles. The van der Waals surface area contributed by atoms with Crippen LogP contribution in [0.1, 0.15) is 50.5 Å². The smallest absolute Gasteiger partial charge is 0.416 e. The molecule has 5 fully saturated rings. The Morgan fingerprint density at radius 3 is 2.12 bits per heavy atom. The van der Waals surface area contributed by atoms with Crippen LogP contribution in [0.2, 0.25) is 0 Å². The summed E-state index contributed by atoms with van der Waals surface area (Å²) in [6.07, 6.45) is 3.62. The van der Waals surface area contributed by atoms with Crippen LogP contribution in [0.25, 0.3) is 0 Å². The van der Waals surface area contributed by atoms with Gasteiger partial charge in [0.15, 0.2) is 0 Å². The number of fused-ring (bicyclic) bond motifs is 2. The van der Waals surface area contributed by atoms with Crippen molar-refractivity contribution in [3.05, 3.63) is 48.0 Å². The normalized spacial score (nSPS) is 28.9. The molecular formula is C33H40F3N3O2S.